The van der Waals surface area contributed by atoms with Gasteiger partial charge >= 0.3 is 0 Å². The van der Waals surface area contributed by atoms with Crippen LogP contribution in [0.15, 0.2) is 21.1 Å². The van der Waals surface area contributed by atoms with Gasteiger partial charge in [-0.3, -0.25) is 0 Å². The first kappa shape index (κ1) is 15.3. The second-order valence-electron chi connectivity index (χ2n) is 5.28. The molecule has 0 aliphatic heterocycles. The van der Waals surface area contributed by atoms with Gasteiger partial charge in [-0.25, -0.2) is 0 Å². The van der Waals surface area contributed by atoms with Gasteiger partial charge in [-0.2, -0.15) is 0 Å². The number of hydrogen-bond acceptors (Lipinski definition) is 3. The summed E-state index contributed by atoms with van der Waals surface area (Å²) in [5, 5.41) is 13.1. The summed E-state index contributed by atoms with van der Waals surface area (Å²) in [5.74, 6) is 0.584. The number of benzene rings is 1. The number of halogens is 2. The lowest BCUT2D eigenvalue weighted by atomic mass is 9.87. The lowest BCUT2D eigenvalue weighted by Crippen LogP contribution is -2.29. The van der Waals surface area contributed by atoms with Crippen molar-refractivity contribution < 1.29 is 5.11 Å². The number of nitrogens with one attached hydrogen (secondary N) is 1. The molecule has 4 N–H and O–H groups in total. The van der Waals surface area contributed by atoms with Crippen molar-refractivity contribution in [1.29, 1.82) is 0 Å². The summed E-state index contributed by atoms with van der Waals surface area (Å²) in [7, 11) is 0. The van der Waals surface area contributed by atoms with Gasteiger partial charge in [0.05, 0.1) is 11.8 Å². The van der Waals surface area contributed by atoms with Gasteiger partial charge in [0.2, 0.25) is 0 Å². The fraction of sp³-hybridized carbons (Fsp3) is 0.571. The zero-order valence-electron chi connectivity index (χ0n) is 10.8. The molecule has 0 spiro atoms. The smallest absolute Gasteiger partial charge is 0.0543 e. The van der Waals surface area contributed by atoms with Crippen LogP contribution in [0.3, 0.4) is 0 Å². The van der Waals surface area contributed by atoms with Crippen LogP contribution >= 0.6 is 31.9 Å². The molecule has 106 valence electrons. The Bertz CT molecular complexity index is 440. The summed E-state index contributed by atoms with van der Waals surface area (Å²) >= 11 is 6.93. The molecular formula is C14H20Br2N2O. The summed E-state index contributed by atoms with van der Waals surface area (Å²) in [4.78, 5) is 0. The van der Waals surface area contributed by atoms with Crippen LogP contribution in [-0.4, -0.2) is 17.8 Å². The molecule has 19 heavy (non-hydrogen) atoms. The molecule has 5 heteroatoms. The largest absolute Gasteiger partial charge is 0.398 e. The number of rotatable bonds is 4. The van der Waals surface area contributed by atoms with Crippen LogP contribution in [0.4, 0.5) is 5.69 Å². The first-order valence-corrected chi connectivity index (χ1v) is 8.27. The van der Waals surface area contributed by atoms with E-state index >= 15 is 0 Å². The van der Waals surface area contributed by atoms with E-state index in [1.807, 2.05) is 12.1 Å². The van der Waals surface area contributed by atoms with E-state index in [9.17, 15) is 5.11 Å². The van der Waals surface area contributed by atoms with Gasteiger partial charge in [0, 0.05) is 15.5 Å². The summed E-state index contributed by atoms with van der Waals surface area (Å²) < 4.78 is 1.95. The molecule has 0 amide bonds. The monoisotopic (exact) mass is 390 g/mol. The quantitative estimate of drug-likeness (QED) is 0.689. The molecule has 2 rings (SSSR count). The van der Waals surface area contributed by atoms with Crippen molar-refractivity contribution in [2.24, 2.45) is 5.92 Å². The average Bonchev–Trinajstić information content (AvgIpc) is 2.35. The van der Waals surface area contributed by atoms with E-state index in [1.165, 1.54) is 6.42 Å². The predicted molar refractivity (Wildman–Crippen MR) is 85.9 cm³/mol. The highest BCUT2D eigenvalue weighted by molar-refractivity contribution is 9.11. The Labute approximate surface area is 131 Å². The Balaban J connectivity index is 1.85. The highest BCUT2D eigenvalue weighted by atomic mass is 79.9. The van der Waals surface area contributed by atoms with Crippen LogP contribution in [0.1, 0.15) is 31.2 Å². The molecule has 0 saturated heterocycles. The summed E-state index contributed by atoms with van der Waals surface area (Å²) in [6.07, 6.45) is 4.12. The zero-order chi connectivity index (χ0) is 13.8. The SMILES string of the molecule is Nc1c(Br)cc(Br)cc1CNCC1CCCC(O)C1. The molecular weight excluding hydrogens is 372 g/mol. The van der Waals surface area contributed by atoms with Crippen LogP contribution in [0, 0.1) is 5.92 Å². The second-order valence-corrected chi connectivity index (χ2v) is 7.05. The van der Waals surface area contributed by atoms with Gasteiger partial charge in [-0.15, -0.1) is 0 Å². The normalized spacial score (nSPS) is 23.5. The number of nitrogens with two attached hydrogens (primary N) is 1. The van der Waals surface area contributed by atoms with E-state index in [4.69, 9.17) is 5.73 Å². The van der Waals surface area contributed by atoms with E-state index in [-0.39, 0.29) is 6.10 Å². The fourth-order valence-electron chi connectivity index (χ4n) is 2.64. The van der Waals surface area contributed by atoms with Crippen molar-refractivity contribution in [3.05, 3.63) is 26.6 Å². The van der Waals surface area contributed by atoms with E-state index in [0.29, 0.717) is 5.92 Å². The van der Waals surface area contributed by atoms with E-state index in [2.05, 4.69) is 37.2 Å². The van der Waals surface area contributed by atoms with Crippen LogP contribution in [-0.2, 0) is 6.54 Å². The Kier molecular flexibility index (Phi) is 5.69. The highest BCUT2D eigenvalue weighted by Gasteiger charge is 2.19. The van der Waals surface area contributed by atoms with E-state index < -0.39 is 0 Å². The maximum atomic E-state index is 9.65. The van der Waals surface area contributed by atoms with Crippen molar-refractivity contribution in [3.63, 3.8) is 0 Å². The molecule has 0 radical (unpaired) electrons. The number of nitrogen functional groups attached to an aromatic ring is 1. The molecule has 1 fully saturated rings. The fourth-order valence-corrected chi connectivity index (χ4v) is 3.96. The van der Waals surface area contributed by atoms with E-state index in [0.717, 1.165) is 52.5 Å². The lowest BCUT2D eigenvalue weighted by Gasteiger charge is -2.26. The zero-order valence-corrected chi connectivity index (χ0v) is 14.0. The molecule has 2 atom stereocenters. The Morgan fingerprint density at radius 3 is 2.84 bits per heavy atom. The molecule has 1 aliphatic carbocycles. The maximum Gasteiger partial charge on any atom is 0.0543 e. The predicted octanol–water partition coefficient (Wildman–Crippen LogP) is 3.43. The van der Waals surface area contributed by atoms with Crippen molar-refractivity contribution >= 4 is 37.5 Å². The van der Waals surface area contributed by atoms with Crippen molar-refractivity contribution in [2.75, 3.05) is 12.3 Å². The third-order valence-corrected chi connectivity index (χ3v) is 4.80. The number of aliphatic hydroxyl groups excluding tert-OH is 1. The minimum Gasteiger partial charge on any atom is -0.398 e. The van der Waals surface area contributed by atoms with E-state index in [1.54, 1.807) is 0 Å². The molecule has 3 nitrogen and oxygen atoms in total. The molecule has 1 aromatic rings. The number of hydrogen-bond donors (Lipinski definition) is 3. The molecule has 0 heterocycles. The molecule has 1 aromatic carbocycles. The van der Waals surface area contributed by atoms with Crippen LogP contribution in [0.5, 0.6) is 0 Å². The molecule has 0 bridgehead atoms. The molecule has 2 unspecified atom stereocenters. The van der Waals surface area contributed by atoms with Crippen molar-refractivity contribution in [3.8, 4) is 0 Å². The second kappa shape index (κ2) is 7.07. The minimum atomic E-state index is -0.106. The third-order valence-electron chi connectivity index (χ3n) is 3.68. The van der Waals surface area contributed by atoms with Crippen LogP contribution in [0.2, 0.25) is 0 Å². The van der Waals surface area contributed by atoms with Crippen molar-refractivity contribution in [2.45, 2.75) is 38.3 Å². The molecule has 1 aliphatic rings. The summed E-state index contributed by atoms with van der Waals surface area (Å²) in [5.41, 5.74) is 7.93. The van der Waals surface area contributed by atoms with Gasteiger partial charge in [-0.05, 0) is 65.4 Å². The average molecular weight is 392 g/mol. The maximum absolute atomic E-state index is 9.65. The van der Waals surface area contributed by atoms with Gasteiger partial charge in [-0.1, -0.05) is 22.4 Å². The molecule has 1 saturated carbocycles. The van der Waals surface area contributed by atoms with Crippen LogP contribution in [0.25, 0.3) is 0 Å². The van der Waals surface area contributed by atoms with Gasteiger partial charge in [0.15, 0.2) is 0 Å². The first-order valence-electron chi connectivity index (χ1n) is 6.68. The van der Waals surface area contributed by atoms with Gasteiger partial charge in [0.25, 0.3) is 0 Å². The minimum absolute atomic E-state index is 0.106. The van der Waals surface area contributed by atoms with Gasteiger partial charge < -0.3 is 16.2 Å². The topological polar surface area (TPSA) is 58.3 Å². The Morgan fingerprint density at radius 1 is 1.32 bits per heavy atom. The summed E-state index contributed by atoms with van der Waals surface area (Å²) in [6, 6.07) is 4.00. The number of anilines is 1. The Morgan fingerprint density at radius 2 is 2.11 bits per heavy atom. The van der Waals surface area contributed by atoms with Crippen LogP contribution < -0.4 is 11.1 Å². The Hall–Kier alpha value is -0.100. The van der Waals surface area contributed by atoms with Gasteiger partial charge in [0.1, 0.15) is 0 Å². The van der Waals surface area contributed by atoms with Crippen molar-refractivity contribution in [1.82, 2.24) is 5.32 Å². The summed E-state index contributed by atoms with van der Waals surface area (Å²) in [6.45, 7) is 1.71. The highest BCUT2D eigenvalue weighted by Crippen LogP contribution is 2.28. The standard InChI is InChI=1S/C14H20Br2N2O/c15-11-5-10(14(17)13(16)6-11)8-18-7-9-2-1-3-12(19)4-9/h5-6,9,12,18-19H,1-4,7-8,17H2. The third kappa shape index (κ3) is 4.45. The molecule has 0 aromatic heterocycles. The first-order chi connectivity index (χ1) is 9.06. The number of aliphatic hydroxyl groups is 1. The lowest BCUT2D eigenvalue weighted by molar-refractivity contribution is 0.101.